The van der Waals surface area contributed by atoms with Crippen LogP contribution in [0.5, 0.6) is 5.75 Å². The molecule has 2 heterocycles. The Morgan fingerprint density at radius 1 is 1.43 bits per heavy atom. The Balaban J connectivity index is 1.63. The minimum Gasteiger partial charge on any atom is -0.484 e. The summed E-state index contributed by atoms with van der Waals surface area (Å²) in [6, 6.07) is 0.631. The summed E-state index contributed by atoms with van der Waals surface area (Å²) in [4.78, 5) is 0. The van der Waals surface area contributed by atoms with Gasteiger partial charge in [0, 0.05) is 13.1 Å². The smallest absolute Gasteiger partial charge is 0.157 e. The molecular weight excluding hydrogens is 178 g/mol. The number of hydrogen-bond donors (Lipinski definition) is 1. The van der Waals surface area contributed by atoms with E-state index in [0.717, 1.165) is 18.8 Å². The van der Waals surface area contributed by atoms with Crippen LogP contribution in [-0.2, 0) is 0 Å². The highest BCUT2D eigenvalue weighted by Gasteiger charge is 2.22. The SMILES string of the molecule is c1nn(C2CCC2)cc1OC1CNC1. The molecule has 4 heteroatoms. The number of aromatic nitrogens is 2. The molecule has 0 aromatic carbocycles. The predicted octanol–water partition coefficient (Wildman–Crippen LogP) is 0.959. The van der Waals surface area contributed by atoms with E-state index in [1.54, 1.807) is 0 Å². The lowest BCUT2D eigenvalue weighted by Gasteiger charge is -2.27. The first-order valence-electron chi connectivity index (χ1n) is 5.33. The minimum absolute atomic E-state index is 0.356. The van der Waals surface area contributed by atoms with Crippen molar-refractivity contribution in [3.05, 3.63) is 12.4 Å². The van der Waals surface area contributed by atoms with Gasteiger partial charge in [-0.15, -0.1) is 0 Å². The average Bonchev–Trinajstić information content (AvgIpc) is 2.42. The topological polar surface area (TPSA) is 39.1 Å². The molecule has 14 heavy (non-hydrogen) atoms. The summed E-state index contributed by atoms with van der Waals surface area (Å²) in [5, 5.41) is 7.50. The molecule has 1 aliphatic heterocycles. The predicted molar refractivity (Wildman–Crippen MR) is 52.4 cm³/mol. The third-order valence-corrected chi connectivity index (χ3v) is 3.07. The van der Waals surface area contributed by atoms with Gasteiger partial charge in [-0.2, -0.15) is 5.10 Å². The van der Waals surface area contributed by atoms with Crippen molar-refractivity contribution in [2.45, 2.75) is 31.4 Å². The molecule has 0 unspecified atom stereocenters. The zero-order valence-electron chi connectivity index (χ0n) is 8.15. The second-order valence-corrected chi connectivity index (χ2v) is 4.14. The van der Waals surface area contributed by atoms with Crippen LogP contribution in [0.15, 0.2) is 12.4 Å². The summed E-state index contributed by atoms with van der Waals surface area (Å²) in [6.07, 6.45) is 8.10. The molecule has 76 valence electrons. The Labute approximate surface area is 83.2 Å². The molecular formula is C10H15N3O. The lowest BCUT2D eigenvalue weighted by molar-refractivity contribution is 0.142. The Morgan fingerprint density at radius 3 is 2.86 bits per heavy atom. The van der Waals surface area contributed by atoms with Crippen LogP contribution in [0.25, 0.3) is 0 Å². The fourth-order valence-corrected chi connectivity index (χ4v) is 1.77. The maximum Gasteiger partial charge on any atom is 0.157 e. The molecule has 0 bridgehead atoms. The molecule has 1 saturated heterocycles. The van der Waals surface area contributed by atoms with E-state index in [4.69, 9.17) is 4.74 Å². The van der Waals surface area contributed by atoms with Crippen LogP contribution in [-0.4, -0.2) is 29.0 Å². The number of rotatable bonds is 3. The van der Waals surface area contributed by atoms with Gasteiger partial charge in [0.2, 0.25) is 0 Å². The molecule has 1 aromatic rings. The van der Waals surface area contributed by atoms with Crippen molar-refractivity contribution in [1.29, 1.82) is 0 Å². The quantitative estimate of drug-likeness (QED) is 0.777. The van der Waals surface area contributed by atoms with Gasteiger partial charge in [0.15, 0.2) is 5.75 Å². The van der Waals surface area contributed by atoms with E-state index in [1.807, 2.05) is 17.1 Å². The first-order chi connectivity index (χ1) is 6.92. The van der Waals surface area contributed by atoms with Crippen molar-refractivity contribution < 1.29 is 4.74 Å². The van der Waals surface area contributed by atoms with E-state index in [9.17, 15) is 0 Å². The minimum atomic E-state index is 0.356. The molecule has 0 amide bonds. The Bertz CT molecular complexity index is 315. The van der Waals surface area contributed by atoms with E-state index < -0.39 is 0 Å². The van der Waals surface area contributed by atoms with Crippen molar-refractivity contribution in [2.24, 2.45) is 0 Å². The van der Waals surface area contributed by atoms with E-state index >= 15 is 0 Å². The summed E-state index contributed by atoms with van der Waals surface area (Å²) < 4.78 is 7.75. The van der Waals surface area contributed by atoms with Gasteiger partial charge >= 0.3 is 0 Å². The van der Waals surface area contributed by atoms with Crippen LogP contribution in [0.2, 0.25) is 0 Å². The number of ether oxygens (including phenoxy) is 1. The zero-order chi connectivity index (χ0) is 9.38. The fraction of sp³-hybridized carbons (Fsp3) is 0.700. The standard InChI is InChI=1S/C10H15N3O/c1-2-8(3-1)13-7-10(6-12-13)14-9-4-11-5-9/h6-9,11H,1-5H2. The number of hydrogen-bond acceptors (Lipinski definition) is 3. The van der Waals surface area contributed by atoms with Gasteiger partial charge < -0.3 is 10.1 Å². The van der Waals surface area contributed by atoms with Gasteiger partial charge in [0.05, 0.1) is 18.4 Å². The third-order valence-electron chi connectivity index (χ3n) is 3.07. The first kappa shape index (κ1) is 8.29. The van der Waals surface area contributed by atoms with Gasteiger partial charge in [-0.25, -0.2) is 0 Å². The van der Waals surface area contributed by atoms with Gasteiger partial charge in [0.25, 0.3) is 0 Å². The molecule has 3 rings (SSSR count). The van der Waals surface area contributed by atoms with Crippen molar-refractivity contribution >= 4 is 0 Å². The summed E-state index contributed by atoms with van der Waals surface area (Å²) in [6.45, 7) is 1.93. The molecule has 1 N–H and O–H groups in total. The van der Waals surface area contributed by atoms with Crippen LogP contribution >= 0.6 is 0 Å². The molecule has 1 saturated carbocycles. The summed E-state index contributed by atoms with van der Waals surface area (Å²) >= 11 is 0. The molecule has 0 atom stereocenters. The van der Waals surface area contributed by atoms with E-state index in [0.29, 0.717) is 12.1 Å². The maximum absolute atomic E-state index is 5.70. The van der Waals surface area contributed by atoms with Crippen molar-refractivity contribution in [3.8, 4) is 5.75 Å². The Morgan fingerprint density at radius 2 is 2.29 bits per heavy atom. The molecule has 2 fully saturated rings. The van der Waals surface area contributed by atoms with Gasteiger partial charge in [-0.05, 0) is 19.3 Å². The largest absolute Gasteiger partial charge is 0.484 e. The average molecular weight is 193 g/mol. The van der Waals surface area contributed by atoms with E-state index in [2.05, 4.69) is 10.4 Å². The summed E-state index contributed by atoms with van der Waals surface area (Å²) in [5.74, 6) is 0.920. The lowest BCUT2D eigenvalue weighted by Crippen LogP contribution is -2.50. The third kappa shape index (κ3) is 1.39. The molecule has 1 aliphatic carbocycles. The highest BCUT2D eigenvalue weighted by molar-refractivity contribution is 5.13. The monoisotopic (exact) mass is 193 g/mol. The Kier molecular flexibility index (Phi) is 1.94. The number of nitrogens with one attached hydrogen (secondary N) is 1. The van der Waals surface area contributed by atoms with E-state index in [-0.39, 0.29) is 0 Å². The van der Waals surface area contributed by atoms with Crippen LogP contribution in [0.3, 0.4) is 0 Å². The highest BCUT2D eigenvalue weighted by Crippen LogP contribution is 2.31. The zero-order valence-corrected chi connectivity index (χ0v) is 8.15. The van der Waals surface area contributed by atoms with Gasteiger partial charge in [-0.1, -0.05) is 0 Å². The maximum atomic E-state index is 5.70. The highest BCUT2D eigenvalue weighted by atomic mass is 16.5. The second kappa shape index (κ2) is 3.28. The lowest BCUT2D eigenvalue weighted by atomic mass is 9.93. The van der Waals surface area contributed by atoms with Gasteiger partial charge in [0.1, 0.15) is 6.10 Å². The first-order valence-corrected chi connectivity index (χ1v) is 5.33. The fourth-order valence-electron chi connectivity index (χ4n) is 1.77. The van der Waals surface area contributed by atoms with Crippen molar-refractivity contribution in [2.75, 3.05) is 13.1 Å². The molecule has 0 spiro atoms. The molecule has 4 nitrogen and oxygen atoms in total. The van der Waals surface area contributed by atoms with Crippen molar-refractivity contribution in [1.82, 2.24) is 15.1 Å². The van der Waals surface area contributed by atoms with E-state index in [1.165, 1.54) is 19.3 Å². The summed E-state index contributed by atoms with van der Waals surface area (Å²) in [7, 11) is 0. The van der Waals surface area contributed by atoms with Crippen LogP contribution < -0.4 is 10.1 Å². The molecule has 2 aliphatic rings. The van der Waals surface area contributed by atoms with Crippen LogP contribution in [0.4, 0.5) is 0 Å². The Hall–Kier alpha value is -1.03. The van der Waals surface area contributed by atoms with Gasteiger partial charge in [-0.3, -0.25) is 4.68 Å². The van der Waals surface area contributed by atoms with Crippen LogP contribution in [0.1, 0.15) is 25.3 Å². The normalized spacial score (nSPS) is 22.9. The van der Waals surface area contributed by atoms with Crippen LogP contribution in [0, 0.1) is 0 Å². The van der Waals surface area contributed by atoms with Crippen molar-refractivity contribution in [3.63, 3.8) is 0 Å². The second-order valence-electron chi connectivity index (χ2n) is 4.14. The number of nitrogens with zero attached hydrogens (tertiary/aromatic N) is 2. The molecule has 1 aromatic heterocycles. The molecule has 0 radical (unpaired) electrons. The summed E-state index contributed by atoms with van der Waals surface area (Å²) in [5.41, 5.74) is 0.